The van der Waals surface area contributed by atoms with Crippen molar-refractivity contribution in [1.82, 2.24) is 15.1 Å². The van der Waals surface area contributed by atoms with Gasteiger partial charge in [-0.2, -0.15) is 13.2 Å². The number of hydrogen-bond donors (Lipinski definition) is 1. The predicted octanol–water partition coefficient (Wildman–Crippen LogP) is 7.66. The summed E-state index contributed by atoms with van der Waals surface area (Å²) in [4.78, 5) is 30.3. The Balaban J connectivity index is 1.25. The number of carbonyl (C=O) groups is 2. The van der Waals surface area contributed by atoms with Crippen molar-refractivity contribution >= 4 is 52.2 Å². The number of halogens is 6. The molecular weight excluding hydrogens is 690 g/mol. The van der Waals surface area contributed by atoms with Crippen LogP contribution in [0.1, 0.15) is 42.9 Å². The highest BCUT2D eigenvalue weighted by Gasteiger charge is 2.43. The first-order valence-electron chi connectivity index (χ1n) is 15.6. The van der Waals surface area contributed by atoms with Crippen LogP contribution in [0.5, 0.6) is 11.5 Å². The molecule has 2 amide bonds. The summed E-state index contributed by atoms with van der Waals surface area (Å²) in [5.41, 5.74) is 1.47. The van der Waals surface area contributed by atoms with Gasteiger partial charge in [0.1, 0.15) is 29.7 Å². The van der Waals surface area contributed by atoms with Gasteiger partial charge in [-0.25, -0.2) is 0 Å². The molecule has 0 unspecified atom stereocenters. The number of hydrogen-bond acceptors (Lipinski definition) is 5. The summed E-state index contributed by atoms with van der Waals surface area (Å²) in [6.07, 6.45) is -2.65. The van der Waals surface area contributed by atoms with Crippen molar-refractivity contribution < 1.29 is 32.2 Å². The van der Waals surface area contributed by atoms with E-state index < -0.39 is 22.8 Å². The van der Waals surface area contributed by atoms with E-state index in [9.17, 15) is 22.8 Å². The molecule has 0 spiro atoms. The molecule has 6 rings (SSSR count). The minimum absolute atomic E-state index is 0.0646. The fourth-order valence-corrected chi connectivity index (χ4v) is 6.93. The van der Waals surface area contributed by atoms with Crippen molar-refractivity contribution in [3.8, 4) is 11.5 Å². The van der Waals surface area contributed by atoms with E-state index in [1.54, 1.807) is 28.0 Å². The Morgan fingerprint density at radius 2 is 1.65 bits per heavy atom. The highest BCUT2D eigenvalue weighted by Crippen LogP contribution is 2.40. The van der Waals surface area contributed by atoms with E-state index in [0.717, 1.165) is 30.0 Å². The molecule has 3 aromatic carbocycles. The number of fused-ring (bicyclic) bond motifs is 2. The van der Waals surface area contributed by atoms with Crippen LogP contribution in [-0.4, -0.2) is 66.0 Å². The Kier molecular flexibility index (Phi) is 10.2. The third-order valence-electron chi connectivity index (χ3n) is 8.78. The molecule has 48 heavy (non-hydrogen) atoms. The highest BCUT2D eigenvalue weighted by atomic mass is 35.5. The van der Waals surface area contributed by atoms with E-state index in [4.69, 9.17) is 44.3 Å². The van der Waals surface area contributed by atoms with Crippen LogP contribution in [0.15, 0.2) is 66.2 Å². The zero-order chi connectivity index (χ0) is 34.2. The lowest BCUT2D eigenvalue weighted by atomic mass is 9.82. The van der Waals surface area contributed by atoms with Crippen molar-refractivity contribution in [2.75, 3.05) is 26.3 Å². The van der Waals surface area contributed by atoms with Gasteiger partial charge in [-0.3, -0.25) is 9.59 Å². The second-order valence-electron chi connectivity index (χ2n) is 12.2. The number of piperazine rings is 1. The fraction of sp³-hybridized carbons (Fsp3) is 0.371. The molecule has 3 aromatic rings. The Hall–Kier alpha value is -3.44. The average Bonchev–Trinajstić information content (AvgIpc) is 3.89. The summed E-state index contributed by atoms with van der Waals surface area (Å²) in [6.45, 7) is 2.73. The SMILES string of the molecule is CC(=O)N1C[C@H]2CC(c3ccc(OCCOc4cccc(Cl)c4Cl)cc3)=C(C(=O)N(Cc3cccc(C(F)(F)F)c3Cl)C3CC3)[C@@H](C1)N2. The van der Waals surface area contributed by atoms with Gasteiger partial charge in [0.05, 0.1) is 21.7 Å². The topological polar surface area (TPSA) is 71.1 Å². The highest BCUT2D eigenvalue weighted by molar-refractivity contribution is 6.42. The number of ether oxygens (including phenoxy) is 2. The van der Waals surface area contributed by atoms with Crippen molar-refractivity contribution in [2.45, 2.75) is 57.0 Å². The molecule has 1 N–H and O–H groups in total. The molecule has 13 heteroatoms. The van der Waals surface area contributed by atoms with E-state index in [2.05, 4.69) is 5.32 Å². The van der Waals surface area contributed by atoms with Crippen LogP contribution in [0.3, 0.4) is 0 Å². The second-order valence-corrected chi connectivity index (χ2v) is 13.3. The summed E-state index contributed by atoms with van der Waals surface area (Å²) in [5, 5.41) is 3.85. The van der Waals surface area contributed by atoms with Crippen LogP contribution in [0.4, 0.5) is 13.2 Å². The van der Waals surface area contributed by atoms with Gasteiger partial charge in [-0.15, -0.1) is 0 Å². The lowest BCUT2D eigenvalue weighted by Gasteiger charge is -2.44. The van der Waals surface area contributed by atoms with Crippen molar-refractivity contribution in [1.29, 1.82) is 0 Å². The van der Waals surface area contributed by atoms with Gasteiger partial charge in [0, 0.05) is 44.2 Å². The third kappa shape index (κ3) is 7.57. The third-order valence-corrected chi connectivity index (χ3v) is 10.0. The quantitative estimate of drug-likeness (QED) is 0.218. The standard InChI is InChI=1S/C35H33Cl3F3N3O4/c1-20(45)43-18-23-16-26(21-8-12-25(13-9-21)47-14-15-48-30-7-3-6-28(36)33(30)38)31(29(19-43)42-23)34(46)44(24-10-11-24)17-22-4-2-5-27(32(22)37)35(39,40)41/h2-9,12-13,23-24,29,42H,10-11,14-19H2,1H3/t23-,29-/m1/s1. The number of rotatable bonds is 10. The first-order chi connectivity index (χ1) is 22.9. The van der Waals surface area contributed by atoms with E-state index in [0.29, 0.717) is 46.6 Å². The van der Waals surface area contributed by atoms with E-state index in [1.165, 1.54) is 19.1 Å². The van der Waals surface area contributed by atoms with Gasteiger partial charge >= 0.3 is 6.18 Å². The van der Waals surface area contributed by atoms with Crippen LogP contribution in [0, 0.1) is 0 Å². The van der Waals surface area contributed by atoms with E-state index in [1.807, 2.05) is 24.3 Å². The first-order valence-corrected chi connectivity index (χ1v) is 16.7. The van der Waals surface area contributed by atoms with E-state index >= 15 is 0 Å². The maximum Gasteiger partial charge on any atom is 0.417 e. The molecule has 7 nitrogen and oxygen atoms in total. The number of carbonyl (C=O) groups excluding carboxylic acids is 2. The lowest BCUT2D eigenvalue weighted by molar-refractivity contribution is -0.137. The molecular formula is C35H33Cl3F3N3O4. The van der Waals surface area contributed by atoms with Crippen molar-refractivity contribution in [2.24, 2.45) is 0 Å². The number of nitrogens with zero attached hydrogens (tertiary/aromatic N) is 2. The molecule has 0 aromatic heterocycles. The molecule has 0 radical (unpaired) electrons. The fourth-order valence-electron chi connectivity index (χ4n) is 6.30. The molecule has 1 aliphatic carbocycles. The second kappa shape index (κ2) is 14.2. The minimum atomic E-state index is -4.62. The number of amides is 2. The zero-order valence-electron chi connectivity index (χ0n) is 26.0. The summed E-state index contributed by atoms with van der Waals surface area (Å²) in [5.74, 6) is 0.699. The largest absolute Gasteiger partial charge is 0.490 e. The van der Waals surface area contributed by atoms with Gasteiger partial charge < -0.3 is 24.6 Å². The Morgan fingerprint density at radius 3 is 2.33 bits per heavy atom. The van der Waals surface area contributed by atoms with Crippen LogP contribution in [0.2, 0.25) is 15.1 Å². The molecule has 2 aliphatic heterocycles. The smallest absolute Gasteiger partial charge is 0.417 e. The summed E-state index contributed by atoms with van der Waals surface area (Å²) >= 11 is 18.5. The molecule has 2 heterocycles. The monoisotopic (exact) mass is 721 g/mol. The maximum absolute atomic E-state index is 14.5. The van der Waals surface area contributed by atoms with E-state index in [-0.39, 0.29) is 49.2 Å². The predicted molar refractivity (Wildman–Crippen MR) is 178 cm³/mol. The zero-order valence-corrected chi connectivity index (χ0v) is 28.2. The molecule has 254 valence electrons. The number of benzene rings is 3. The molecule has 1 saturated heterocycles. The average molecular weight is 723 g/mol. The van der Waals surface area contributed by atoms with Gasteiger partial charge in [0.2, 0.25) is 5.91 Å². The number of alkyl halides is 3. The number of nitrogens with one attached hydrogen (secondary N) is 1. The summed E-state index contributed by atoms with van der Waals surface area (Å²) in [6, 6.07) is 15.7. The Labute approximate surface area is 291 Å². The van der Waals surface area contributed by atoms with Crippen molar-refractivity contribution in [3.05, 3.63) is 98.0 Å². The Bertz CT molecular complexity index is 1730. The molecule has 2 fully saturated rings. The molecule has 2 atom stereocenters. The van der Waals surface area contributed by atoms with Crippen molar-refractivity contribution in [3.63, 3.8) is 0 Å². The normalized spacial score (nSPS) is 19.3. The summed E-state index contributed by atoms with van der Waals surface area (Å²) in [7, 11) is 0. The van der Waals surface area contributed by atoms with Crippen LogP contribution in [0.25, 0.3) is 5.57 Å². The lowest BCUT2D eigenvalue weighted by Crippen LogP contribution is -2.61. The van der Waals surface area contributed by atoms with Crippen LogP contribution in [-0.2, 0) is 22.3 Å². The maximum atomic E-state index is 14.5. The van der Waals surface area contributed by atoms with Crippen LogP contribution >= 0.6 is 34.8 Å². The van der Waals surface area contributed by atoms with Gasteiger partial charge in [0.15, 0.2) is 0 Å². The van der Waals surface area contributed by atoms with Gasteiger partial charge in [-0.05, 0) is 66.3 Å². The van der Waals surface area contributed by atoms with Gasteiger partial charge in [0.25, 0.3) is 5.91 Å². The molecule has 3 aliphatic rings. The molecule has 1 saturated carbocycles. The molecule has 2 bridgehead atoms. The van der Waals surface area contributed by atoms with Crippen LogP contribution < -0.4 is 14.8 Å². The first kappa shape index (κ1) is 34.4. The minimum Gasteiger partial charge on any atom is -0.490 e. The summed E-state index contributed by atoms with van der Waals surface area (Å²) < 4.78 is 52.5. The van der Waals surface area contributed by atoms with Gasteiger partial charge in [-0.1, -0.05) is 65.1 Å². The Morgan fingerprint density at radius 1 is 0.938 bits per heavy atom.